The molecule has 6 heteroatoms. The lowest BCUT2D eigenvalue weighted by molar-refractivity contribution is -0.126. The minimum Gasteiger partial charge on any atom is -0.439 e. The third kappa shape index (κ3) is 4.07. The number of rotatable bonds is 5. The highest BCUT2D eigenvalue weighted by atomic mass is 19.1. The van der Waals surface area contributed by atoms with E-state index in [1.807, 2.05) is 24.3 Å². The van der Waals surface area contributed by atoms with E-state index in [4.69, 9.17) is 4.42 Å². The number of nitrogens with one attached hydrogen (secondary N) is 1. The number of nitrogens with zero attached hydrogens (tertiary/aromatic N) is 2. The van der Waals surface area contributed by atoms with Crippen molar-refractivity contribution in [3.8, 4) is 0 Å². The maximum Gasteiger partial charge on any atom is 0.223 e. The van der Waals surface area contributed by atoms with E-state index in [0.29, 0.717) is 6.54 Å². The van der Waals surface area contributed by atoms with Crippen molar-refractivity contribution < 1.29 is 13.6 Å². The minimum atomic E-state index is -0.268. The third-order valence-electron chi connectivity index (χ3n) is 5.50. The van der Waals surface area contributed by atoms with Gasteiger partial charge in [0.15, 0.2) is 5.58 Å². The third-order valence-corrected chi connectivity index (χ3v) is 5.50. The van der Waals surface area contributed by atoms with Gasteiger partial charge in [-0.1, -0.05) is 24.3 Å². The van der Waals surface area contributed by atoms with Gasteiger partial charge in [-0.25, -0.2) is 9.37 Å². The number of carbonyl (C=O) groups is 1. The Bertz CT molecular complexity index is 913. The van der Waals surface area contributed by atoms with Crippen molar-refractivity contribution in [1.29, 1.82) is 0 Å². The molecule has 0 aliphatic carbocycles. The Hall–Kier alpha value is -2.73. The number of fused-ring (bicyclic) bond motifs is 1. The van der Waals surface area contributed by atoms with Crippen LogP contribution in [0.1, 0.15) is 37.3 Å². The van der Waals surface area contributed by atoms with Crippen molar-refractivity contribution in [3.05, 3.63) is 65.8 Å². The largest absolute Gasteiger partial charge is 0.439 e. The van der Waals surface area contributed by atoms with Gasteiger partial charge in [-0.05, 0) is 62.7 Å². The summed E-state index contributed by atoms with van der Waals surface area (Å²) in [5.74, 6) is 0.530. The van der Waals surface area contributed by atoms with Gasteiger partial charge in [0.1, 0.15) is 11.3 Å². The molecular formula is C22H24FN3O2. The van der Waals surface area contributed by atoms with Gasteiger partial charge in [-0.2, -0.15) is 0 Å². The van der Waals surface area contributed by atoms with E-state index in [1.54, 1.807) is 12.1 Å². The molecule has 0 unspecified atom stereocenters. The number of likely N-dealkylation sites (tertiary alicyclic amines) is 1. The molecule has 0 radical (unpaired) electrons. The molecule has 2 aromatic carbocycles. The topological polar surface area (TPSA) is 58.4 Å². The van der Waals surface area contributed by atoms with Crippen molar-refractivity contribution >= 4 is 17.0 Å². The van der Waals surface area contributed by atoms with Gasteiger partial charge in [0.05, 0.1) is 6.04 Å². The zero-order chi connectivity index (χ0) is 19.5. The summed E-state index contributed by atoms with van der Waals surface area (Å²) in [5.41, 5.74) is 2.58. The predicted octanol–water partition coefficient (Wildman–Crippen LogP) is 4.06. The van der Waals surface area contributed by atoms with Crippen molar-refractivity contribution in [2.75, 3.05) is 13.1 Å². The average Bonchev–Trinajstić information content (AvgIpc) is 3.17. The molecule has 0 spiro atoms. The van der Waals surface area contributed by atoms with Crippen molar-refractivity contribution in [3.63, 3.8) is 0 Å². The SMILES string of the molecule is C[C@H](c1nc2ccccc2o1)N1CCC(C(=O)NCc2ccc(F)cc2)CC1. The molecular weight excluding hydrogens is 357 g/mol. The molecule has 1 amide bonds. The molecule has 1 aromatic heterocycles. The standard InChI is InChI=1S/C22H24FN3O2/c1-15(22-25-19-4-2-3-5-20(19)28-22)26-12-10-17(11-13-26)21(27)24-14-16-6-8-18(23)9-7-16/h2-9,15,17H,10-14H2,1H3,(H,24,27)/t15-/m1/s1. The van der Waals surface area contributed by atoms with Gasteiger partial charge < -0.3 is 9.73 Å². The summed E-state index contributed by atoms with van der Waals surface area (Å²) in [7, 11) is 0. The summed E-state index contributed by atoms with van der Waals surface area (Å²) < 4.78 is 18.9. The maximum absolute atomic E-state index is 13.0. The van der Waals surface area contributed by atoms with Gasteiger partial charge in [-0.3, -0.25) is 9.69 Å². The van der Waals surface area contributed by atoms with E-state index in [1.165, 1.54) is 12.1 Å². The molecule has 1 aliphatic heterocycles. The van der Waals surface area contributed by atoms with Gasteiger partial charge >= 0.3 is 0 Å². The van der Waals surface area contributed by atoms with Gasteiger partial charge in [0.2, 0.25) is 11.8 Å². The Labute approximate surface area is 163 Å². The lowest BCUT2D eigenvalue weighted by Crippen LogP contribution is -2.41. The number of benzene rings is 2. The van der Waals surface area contributed by atoms with E-state index in [-0.39, 0.29) is 23.7 Å². The number of hydrogen-bond donors (Lipinski definition) is 1. The number of amides is 1. The Morgan fingerprint density at radius 3 is 2.64 bits per heavy atom. The smallest absolute Gasteiger partial charge is 0.223 e. The number of piperidine rings is 1. The van der Waals surface area contributed by atoms with Crippen LogP contribution in [0.2, 0.25) is 0 Å². The minimum absolute atomic E-state index is 0.00697. The van der Waals surface area contributed by atoms with E-state index >= 15 is 0 Å². The Kier molecular flexibility index (Phi) is 5.39. The molecule has 4 rings (SSSR count). The fraction of sp³-hybridized carbons (Fsp3) is 0.364. The summed E-state index contributed by atoms with van der Waals surface area (Å²) >= 11 is 0. The highest BCUT2D eigenvalue weighted by Crippen LogP contribution is 2.28. The molecule has 146 valence electrons. The van der Waals surface area contributed by atoms with Crippen LogP contribution in [0, 0.1) is 11.7 Å². The molecule has 3 aromatic rings. The number of para-hydroxylation sites is 2. The van der Waals surface area contributed by atoms with E-state index in [9.17, 15) is 9.18 Å². The predicted molar refractivity (Wildman–Crippen MR) is 105 cm³/mol. The molecule has 28 heavy (non-hydrogen) atoms. The Balaban J connectivity index is 1.29. The normalized spacial score (nSPS) is 16.9. The highest BCUT2D eigenvalue weighted by molar-refractivity contribution is 5.78. The van der Waals surface area contributed by atoms with E-state index in [0.717, 1.165) is 48.5 Å². The number of aromatic nitrogens is 1. The molecule has 0 saturated carbocycles. The lowest BCUT2D eigenvalue weighted by Gasteiger charge is -2.34. The first kappa shape index (κ1) is 18.6. The molecule has 5 nitrogen and oxygen atoms in total. The number of carbonyl (C=O) groups excluding carboxylic acids is 1. The van der Waals surface area contributed by atoms with E-state index in [2.05, 4.69) is 22.1 Å². The summed E-state index contributed by atoms with van der Waals surface area (Å²) in [4.78, 5) is 19.4. The van der Waals surface area contributed by atoms with Crippen LogP contribution in [0.15, 0.2) is 52.9 Å². The van der Waals surface area contributed by atoms with Crippen LogP contribution in [0.25, 0.3) is 11.1 Å². The number of hydrogen-bond acceptors (Lipinski definition) is 4. The molecule has 1 atom stereocenters. The second-order valence-electron chi connectivity index (χ2n) is 7.35. The second kappa shape index (κ2) is 8.10. The Morgan fingerprint density at radius 1 is 1.21 bits per heavy atom. The number of halogens is 1. The zero-order valence-electron chi connectivity index (χ0n) is 15.9. The fourth-order valence-corrected chi connectivity index (χ4v) is 3.71. The molecule has 1 fully saturated rings. The first-order valence-electron chi connectivity index (χ1n) is 9.72. The monoisotopic (exact) mass is 381 g/mol. The van der Waals surface area contributed by atoms with Gasteiger partial charge in [0.25, 0.3) is 0 Å². The van der Waals surface area contributed by atoms with Crippen molar-refractivity contribution in [2.24, 2.45) is 5.92 Å². The molecule has 1 aliphatic rings. The summed E-state index contributed by atoms with van der Waals surface area (Å²) in [5, 5.41) is 2.97. The van der Waals surface area contributed by atoms with Crippen LogP contribution in [0.5, 0.6) is 0 Å². The Morgan fingerprint density at radius 2 is 1.93 bits per heavy atom. The molecule has 0 bridgehead atoms. The fourth-order valence-electron chi connectivity index (χ4n) is 3.71. The van der Waals surface area contributed by atoms with Crippen molar-refractivity contribution in [2.45, 2.75) is 32.4 Å². The van der Waals surface area contributed by atoms with Crippen LogP contribution in [0.4, 0.5) is 4.39 Å². The summed E-state index contributed by atoms with van der Waals surface area (Å²) in [6.07, 6.45) is 1.61. The van der Waals surface area contributed by atoms with Crippen LogP contribution in [0.3, 0.4) is 0 Å². The maximum atomic E-state index is 13.0. The summed E-state index contributed by atoms with van der Waals surface area (Å²) in [6, 6.07) is 14.1. The van der Waals surface area contributed by atoms with Crippen molar-refractivity contribution in [1.82, 2.24) is 15.2 Å². The van der Waals surface area contributed by atoms with Gasteiger partial charge in [0, 0.05) is 12.5 Å². The molecule has 2 heterocycles. The van der Waals surface area contributed by atoms with Gasteiger partial charge in [-0.15, -0.1) is 0 Å². The first-order valence-corrected chi connectivity index (χ1v) is 9.72. The zero-order valence-corrected chi connectivity index (χ0v) is 15.9. The quantitative estimate of drug-likeness (QED) is 0.724. The lowest BCUT2D eigenvalue weighted by atomic mass is 9.95. The van der Waals surface area contributed by atoms with Crippen LogP contribution < -0.4 is 5.32 Å². The number of oxazole rings is 1. The first-order chi connectivity index (χ1) is 13.6. The molecule has 1 N–H and O–H groups in total. The van der Waals surface area contributed by atoms with E-state index < -0.39 is 0 Å². The van der Waals surface area contributed by atoms with Crippen LogP contribution in [-0.2, 0) is 11.3 Å². The van der Waals surface area contributed by atoms with Crippen LogP contribution in [-0.4, -0.2) is 28.9 Å². The second-order valence-corrected chi connectivity index (χ2v) is 7.35. The summed E-state index contributed by atoms with van der Waals surface area (Å²) in [6.45, 7) is 4.18. The average molecular weight is 381 g/mol. The molecule has 1 saturated heterocycles. The van der Waals surface area contributed by atoms with Crippen LogP contribution >= 0.6 is 0 Å². The highest BCUT2D eigenvalue weighted by Gasteiger charge is 2.29.